The number of carbonyl (C=O) groups is 3. The molecule has 15 nitrogen and oxygen atoms in total. The van der Waals surface area contributed by atoms with Gasteiger partial charge in [0.2, 0.25) is 12.0 Å². The molecule has 262 valence electrons. The number of alkyl halides is 3. The smallest absolute Gasteiger partial charge is 0.435 e. The molecule has 1 aromatic heterocycles. The summed E-state index contributed by atoms with van der Waals surface area (Å²) in [5.41, 5.74) is 0.807. The number of amides is 3. The number of hydrogen-bond donors (Lipinski definition) is 1. The van der Waals surface area contributed by atoms with Crippen molar-refractivity contribution in [3.8, 4) is 16.9 Å². The number of fused-ring (bicyclic) bond motifs is 1. The van der Waals surface area contributed by atoms with Crippen LogP contribution in [0.3, 0.4) is 0 Å². The third-order valence-corrected chi connectivity index (χ3v) is 8.84. The summed E-state index contributed by atoms with van der Waals surface area (Å²) in [6, 6.07) is 17.5. The van der Waals surface area contributed by atoms with Gasteiger partial charge in [-0.2, -0.15) is 18.3 Å². The lowest BCUT2D eigenvalue weighted by atomic mass is 10.1. The number of hydrogen-bond acceptors (Lipinski definition) is 10. The van der Waals surface area contributed by atoms with E-state index in [0.717, 1.165) is 38.4 Å². The minimum Gasteiger partial charge on any atom is -0.569 e. The molecule has 0 fully saturated rings. The van der Waals surface area contributed by atoms with Crippen molar-refractivity contribution in [3.05, 3.63) is 106 Å². The van der Waals surface area contributed by atoms with Gasteiger partial charge in [-0.25, -0.2) is 27.5 Å². The Morgan fingerprint density at radius 3 is 2.22 bits per heavy atom. The molecule has 4 aromatic rings. The summed E-state index contributed by atoms with van der Waals surface area (Å²) >= 11 is 0. The van der Waals surface area contributed by atoms with Crippen LogP contribution in [0.4, 0.5) is 18.0 Å². The first-order valence-electron chi connectivity index (χ1n) is 14.6. The Labute approximate surface area is 282 Å². The molecule has 1 aliphatic heterocycles. The fourth-order valence-electron chi connectivity index (χ4n) is 4.63. The first-order chi connectivity index (χ1) is 23.6. The largest absolute Gasteiger partial charge is 0.569 e. The van der Waals surface area contributed by atoms with Gasteiger partial charge in [0.25, 0.3) is 21.8 Å². The van der Waals surface area contributed by atoms with E-state index in [-0.39, 0.29) is 27.5 Å². The molecular weight excluding hydrogens is 687 g/mol. The third kappa shape index (κ3) is 7.51. The van der Waals surface area contributed by atoms with Crippen LogP contribution in [0.25, 0.3) is 16.9 Å². The molecular formula is C31H28F3N7O8S. The summed E-state index contributed by atoms with van der Waals surface area (Å²) in [4.78, 5) is 42.3. The number of halogens is 3. The van der Waals surface area contributed by atoms with E-state index in [1.54, 1.807) is 41.1 Å². The predicted octanol–water partition coefficient (Wildman–Crippen LogP) is 4.66. The van der Waals surface area contributed by atoms with Crippen LogP contribution < -0.4 is 4.72 Å². The van der Waals surface area contributed by atoms with Gasteiger partial charge in [-0.15, -0.1) is 5.01 Å². The third-order valence-electron chi connectivity index (χ3n) is 7.51. The normalized spacial score (nSPS) is 14.0. The molecule has 1 atom stereocenters. The van der Waals surface area contributed by atoms with Crippen LogP contribution in [-0.2, 0) is 25.8 Å². The van der Waals surface area contributed by atoms with Gasteiger partial charge in [0.05, 0.1) is 39.4 Å². The summed E-state index contributed by atoms with van der Waals surface area (Å²) < 4.78 is 73.9. The first kappa shape index (κ1) is 35.3. The van der Waals surface area contributed by atoms with Crippen LogP contribution in [0.5, 0.6) is 0 Å². The molecule has 5 rings (SSSR count). The summed E-state index contributed by atoms with van der Waals surface area (Å²) in [6.07, 6.45) is -6.11. The Morgan fingerprint density at radius 1 is 1.04 bits per heavy atom. The van der Waals surface area contributed by atoms with E-state index in [2.05, 4.69) is 10.4 Å². The molecule has 0 bridgehead atoms. The molecule has 0 saturated heterocycles. The highest BCUT2D eigenvalue weighted by Gasteiger charge is 2.37. The molecule has 2 heterocycles. The average Bonchev–Trinajstić information content (AvgIpc) is 3.64. The zero-order chi connectivity index (χ0) is 36.4. The van der Waals surface area contributed by atoms with Gasteiger partial charge in [0.1, 0.15) is 12.6 Å². The highest BCUT2D eigenvalue weighted by molar-refractivity contribution is 7.90. The Kier molecular flexibility index (Phi) is 9.80. The number of nitrogens with one attached hydrogen (secondary N) is 1. The van der Waals surface area contributed by atoms with Gasteiger partial charge >= 0.3 is 12.3 Å². The van der Waals surface area contributed by atoms with Crippen molar-refractivity contribution >= 4 is 27.9 Å². The van der Waals surface area contributed by atoms with E-state index >= 15 is 0 Å². The van der Waals surface area contributed by atoms with Crippen molar-refractivity contribution in [1.29, 1.82) is 0 Å². The van der Waals surface area contributed by atoms with E-state index in [1.165, 1.54) is 38.2 Å². The van der Waals surface area contributed by atoms with E-state index in [1.807, 2.05) is 6.92 Å². The fourth-order valence-corrected chi connectivity index (χ4v) is 5.52. The Morgan fingerprint density at radius 2 is 1.64 bits per heavy atom. The zero-order valence-electron chi connectivity index (χ0n) is 26.5. The minimum absolute atomic E-state index is 0.0239. The quantitative estimate of drug-likeness (QED) is 0.0994. The molecule has 0 radical (unpaired) electrons. The molecule has 3 aromatic carbocycles. The topological polar surface area (TPSA) is 179 Å². The van der Waals surface area contributed by atoms with Gasteiger partial charge in [-0.1, -0.05) is 42.0 Å². The van der Waals surface area contributed by atoms with Crippen molar-refractivity contribution in [2.75, 3.05) is 20.4 Å². The molecule has 19 heteroatoms. The minimum atomic E-state index is -4.73. The number of benzene rings is 3. The van der Waals surface area contributed by atoms with Crippen LogP contribution in [0.15, 0.2) is 89.0 Å². The number of aryl methyl sites for hydroxylation is 1. The molecule has 1 N–H and O–H groups in total. The molecule has 3 amide bonds. The van der Waals surface area contributed by atoms with Crippen LogP contribution in [-0.4, -0.2) is 77.4 Å². The number of nitrogens with zero attached hydrogens (tertiary/aromatic N) is 6. The lowest BCUT2D eigenvalue weighted by Gasteiger charge is -2.20. The van der Waals surface area contributed by atoms with Gasteiger partial charge in [0.15, 0.2) is 5.69 Å². The van der Waals surface area contributed by atoms with E-state index in [0.29, 0.717) is 5.56 Å². The molecule has 0 saturated carbocycles. The monoisotopic (exact) mass is 715 g/mol. The SMILES string of the molecule is Cc1ccc(-c2cc(C(F)(F)F)nn2-c2ccc(S(=O)(=O)NC(=O)OC[C@H](C)N(C)[N+]([O-])=NOCN3C(=O)c4ccccc4C3=O)cc2)cc1. The van der Waals surface area contributed by atoms with E-state index in [4.69, 9.17) is 9.57 Å². The van der Waals surface area contributed by atoms with Crippen molar-refractivity contribution in [1.82, 2.24) is 24.4 Å². The number of sulfonamides is 1. The molecule has 1 aliphatic rings. The summed E-state index contributed by atoms with van der Waals surface area (Å²) in [7, 11) is -3.24. The van der Waals surface area contributed by atoms with Crippen LogP contribution in [0, 0.1) is 12.1 Å². The maximum Gasteiger partial charge on any atom is 0.435 e. The number of imide groups is 1. The highest BCUT2D eigenvalue weighted by atomic mass is 32.2. The van der Waals surface area contributed by atoms with E-state index < -0.39 is 64.1 Å². The maximum absolute atomic E-state index is 13.5. The van der Waals surface area contributed by atoms with Crippen molar-refractivity contribution in [3.63, 3.8) is 0 Å². The maximum atomic E-state index is 13.5. The van der Waals surface area contributed by atoms with Gasteiger partial charge < -0.3 is 14.8 Å². The number of aromatic nitrogens is 2. The Hall–Kier alpha value is -5.98. The fraction of sp³-hybridized carbons (Fsp3) is 0.226. The van der Waals surface area contributed by atoms with Crippen LogP contribution >= 0.6 is 0 Å². The molecule has 50 heavy (non-hydrogen) atoms. The van der Waals surface area contributed by atoms with Gasteiger partial charge in [0, 0.05) is 5.56 Å². The second-order valence-corrected chi connectivity index (χ2v) is 12.7. The Balaban J connectivity index is 1.17. The molecule has 0 aliphatic carbocycles. The summed E-state index contributed by atoms with van der Waals surface area (Å²) in [6.45, 7) is 2.13. The van der Waals surface area contributed by atoms with Crippen LogP contribution in [0.2, 0.25) is 0 Å². The molecule has 0 spiro atoms. The highest BCUT2D eigenvalue weighted by Crippen LogP contribution is 2.33. The second kappa shape index (κ2) is 13.9. The zero-order valence-corrected chi connectivity index (χ0v) is 27.3. The van der Waals surface area contributed by atoms with Crippen molar-refractivity contribution in [2.24, 2.45) is 5.28 Å². The number of likely N-dealkylation sites (N-methyl/N-ethyl adjacent to an activating group) is 1. The summed E-state index contributed by atoms with van der Waals surface area (Å²) in [5.74, 6) is -1.23. The Bertz CT molecular complexity index is 2030. The number of hydrazine groups is 1. The lowest BCUT2D eigenvalue weighted by molar-refractivity contribution is -0.712. The predicted molar refractivity (Wildman–Crippen MR) is 167 cm³/mol. The standard InChI is InChI=1S/C31H28F3N7O8S/c1-19-8-10-21(11-9-19)26-16-27(31(32,33)34)35-40(26)22-12-14-23(15-13-22)50(46,47)36-30(44)48-17-20(2)38(3)41(45)37-49-18-39-28(42)24-6-4-5-7-25(24)29(39)43/h4-16,20H,17-18H2,1-3H3,(H,36,44)/t20-/m0/s1. The number of ether oxygens (including phenoxy) is 1. The molecule has 0 unspecified atom stereocenters. The number of carbonyl (C=O) groups excluding carboxylic acids is 3. The van der Waals surface area contributed by atoms with Gasteiger partial charge in [-0.05, 0) is 56.3 Å². The van der Waals surface area contributed by atoms with Crippen molar-refractivity contribution in [2.45, 2.75) is 31.0 Å². The lowest BCUT2D eigenvalue weighted by Crippen LogP contribution is -2.40. The average molecular weight is 716 g/mol. The number of rotatable bonds is 11. The first-order valence-corrected chi connectivity index (χ1v) is 16.1. The second-order valence-electron chi connectivity index (χ2n) is 11.0. The van der Waals surface area contributed by atoms with E-state index in [9.17, 15) is 41.2 Å². The van der Waals surface area contributed by atoms with Crippen LogP contribution in [0.1, 0.15) is 38.9 Å². The summed E-state index contributed by atoms with van der Waals surface area (Å²) in [5, 5.41) is 20.2. The van der Waals surface area contributed by atoms with Crippen molar-refractivity contribution < 1.29 is 50.5 Å². The van der Waals surface area contributed by atoms with Gasteiger partial charge in [-0.3, -0.25) is 9.59 Å².